The van der Waals surface area contributed by atoms with E-state index < -0.39 is 9.84 Å². The Morgan fingerprint density at radius 1 is 1.00 bits per heavy atom. The zero-order chi connectivity index (χ0) is 20.4. The Hall–Kier alpha value is -1.81. The number of nitrogens with zero attached hydrogens (tertiary/aromatic N) is 1. The van der Waals surface area contributed by atoms with E-state index in [0.29, 0.717) is 25.7 Å². The summed E-state index contributed by atoms with van der Waals surface area (Å²) in [4.78, 5) is 4.61. The molecule has 0 unspecified atom stereocenters. The van der Waals surface area contributed by atoms with Gasteiger partial charge in [0.25, 0.3) is 0 Å². The molecule has 0 aliphatic carbocycles. The van der Waals surface area contributed by atoms with E-state index in [1.807, 2.05) is 62.4 Å². The Morgan fingerprint density at radius 3 is 2.28 bits per heavy atom. The highest BCUT2D eigenvalue weighted by molar-refractivity contribution is 14.0. The molecular formula is C21H30IN3O3S. The summed E-state index contributed by atoms with van der Waals surface area (Å²) in [5.41, 5.74) is 2.87. The number of hydrogen-bond donors (Lipinski definition) is 2. The summed E-state index contributed by atoms with van der Waals surface area (Å²) in [6.45, 7) is 6.48. The molecule has 0 heterocycles. The Kier molecular flexibility index (Phi) is 11.0. The van der Waals surface area contributed by atoms with Crippen molar-refractivity contribution in [1.29, 1.82) is 0 Å². The second-order valence-corrected chi connectivity index (χ2v) is 8.62. The lowest BCUT2D eigenvalue weighted by atomic mass is 10.1. The number of aliphatic imine (C=N–C) groups is 1. The van der Waals surface area contributed by atoms with Crippen LogP contribution in [-0.4, -0.2) is 33.8 Å². The van der Waals surface area contributed by atoms with E-state index in [0.717, 1.165) is 29.0 Å². The van der Waals surface area contributed by atoms with Gasteiger partial charge in [0.05, 0.1) is 18.9 Å². The highest BCUT2D eigenvalue weighted by Crippen LogP contribution is 2.17. The van der Waals surface area contributed by atoms with E-state index in [2.05, 4.69) is 15.6 Å². The standard InChI is InChI=1S/C21H29N3O3S.HI/c1-4-22-21(24-15-19-8-6-7-9-20(19)27-5-2)23-14-17-10-12-18(13-11-17)16-28(3,25)26;/h6-13H,4-5,14-16H2,1-3H3,(H2,22,23,24);1H. The second-order valence-electron chi connectivity index (χ2n) is 6.48. The fourth-order valence-electron chi connectivity index (χ4n) is 2.68. The number of ether oxygens (including phenoxy) is 1. The average Bonchev–Trinajstić information content (AvgIpc) is 2.65. The first-order valence-electron chi connectivity index (χ1n) is 9.39. The van der Waals surface area contributed by atoms with Crippen LogP contribution in [0.4, 0.5) is 0 Å². The van der Waals surface area contributed by atoms with Gasteiger partial charge in [0.2, 0.25) is 0 Å². The van der Waals surface area contributed by atoms with Crippen molar-refractivity contribution in [2.45, 2.75) is 32.7 Å². The molecule has 0 amide bonds. The largest absolute Gasteiger partial charge is 0.494 e. The molecule has 0 saturated carbocycles. The number of benzene rings is 2. The summed E-state index contributed by atoms with van der Waals surface area (Å²) in [6, 6.07) is 15.4. The molecule has 0 aromatic heterocycles. The van der Waals surface area contributed by atoms with Gasteiger partial charge in [-0.25, -0.2) is 13.4 Å². The van der Waals surface area contributed by atoms with E-state index in [1.165, 1.54) is 6.26 Å². The van der Waals surface area contributed by atoms with Crippen LogP contribution in [0.5, 0.6) is 5.75 Å². The van der Waals surface area contributed by atoms with Gasteiger partial charge in [0.1, 0.15) is 5.75 Å². The van der Waals surface area contributed by atoms with E-state index in [4.69, 9.17) is 4.74 Å². The SMILES string of the molecule is CCNC(=NCc1ccc(CS(C)(=O)=O)cc1)NCc1ccccc1OCC.I. The van der Waals surface area contributed by atoms with Gasteiger partial charge in [0, 0.05) is 24.9 Å². The maximum Gasteiger partial charge on any atom is 0.191 e. The van der Waals surface area contributed by atoms with Crippen molar-refractivity contribution in [2.75, 3.05) is 19.4 Å². The summed E-state index contributed by atoms with van der Waals surface area (Å²) in [6.07, 6.45) is 1.24. The highest BCUT2D eigenvalue weighted by Gasteiger charge is 2.06. The van der Waals surface area contributed by atoms with Gasteiger partial charge in [-0.05, 0) is 31.0 Å². The van der Waals surface area contributed by atoms with Crippen molar-refractivity contribution in [1.82, 2.24) is 10.6 Å². The topological polar surface area (TPSA) is 79.8 Å². The quantitative estimate of drug-likeness (QED) is 0.294. The second kappa shape index (κ2) is 12.7. The molecule has 6 nitrogen and oxygen atoms in total. The fourth-order valence-corrected chi connectivity index (χ4v) is 3.48. The number of halogens is 1. The monoisotopic (exact) mass is 531 g/mol. The number of nitrogens with one attached hydrogen (secondary N) is 2. The van der Waals surface area contributed by atoms with Crippen LogP contribution < -0.4 is 15.4 Å². The maximum absolute atomic E-state index is 11.4. The predicted molar refractivity (Wildman–Crippen MR) is 130 cm³/mol. The third-order valence-electron chi connectivity index (χ3n) is 3.93. The Labute approximate surface area is 191 Å². The van der Waals surface area contributed by atoms with Crippen molar-refractivity contribution >= 4 is 39.8 Å². The van der Waals surface area contributed by atoms with Gasteiger partial charge < -0.3 is 15.4 Å². The minimum Gasteiger partial charge on any atom is -0.494 e. The van der Waals surface area contributed by atoms with Gasteiger partial charge in [-0.2, -0.15) is 0 Å². The predicted octanol–water partition coefficient (Wildman–Crippen LogP) is 3.50. The molecule has 8 heteroatoms. The number of rotatable bonds is 9. The molecule has 2 rings (SSSR count). The lowest BCUT2D eigenvalue weighted by Gasteiger charge is -2.14. The molecule has 0 atom stereocenters. The van der Waals surface area contributed by atoms with E-state index in [1.54, 1.807) is 0 Å². The van der Waals surface area contributed by atoms with Gasteiger partial charge in [-0.15, -0.1) is 24.0 Å². The molecule has 2 aromatic carbocycles. The van der Waals surface area contributed by atoms with Gasteiger partial charge >= 0.3 is 0 Å². The average molecular weight is 531 g/mol. The van der Waals surface area contributed by atoms with Crippen molar-refractivity contribution < 1.29 is 13.2 Å². The lowest BCUT2D eigenvalue weighted by Crippen LogP contribution is -2.36. The first-order valence-corrected chi connectivity index (χ1v) is 11.5. The van der Waals surface area contributed by atoms with Crippen LogP contribution in [0.2, 0.25) is 0 Å². The molecule has 2 N–H and O–H groups in total. The molecule has 0 saturated heterocycles. The Balaban J connectivity index is 0.00000420. The number of hydrogen-bond acceptors (Lipinski definition) is 4. The summed E-state index contributed by atoms with van der Waals surface area (Å²) in [5, 5.41) is 6.56. The Bertz CT molecular complexity index is 884. The number of sulfone groups is 1. The molecule has 0 aliphatic rings. The van der Waals surface area contributed by atoms with E-state index in [-0.39, 0.29) is 29.7 Å². The van der Waals surface area contributed by atoms with Gasteiger partial charge in [0.15, 0.2) is 15.8 Å². The summed E-state index contributed by atoms with van der Waals surface area (Å²) in [7, 11) is -3.02. The van der Waals surface area contributed by atoms with Gasteiger partial charge in [-0.1, -0.05) is 42.5 Å². The maximum atomic E-state index is 11.4. The summed E-state index contributed by atoms with van der Waals surface area (Å²) < 4.78 is 28.4. The summed E-state index contributed by atoms with van der Waals surface area (Å²) >= 11 is 0. The highest BCUT2D eigenvalue weighted by atomic mass is 127. The molecule has 0 fully saturated rings. The first-order chi connectivity index (χ1) is 13.4. The molecule has 29 heavy (non-hydrogen) atoms. The summed E-state index contributed by atoms with van der Waals surface area (Å²) in [5.74, 6) is 1.64. The molecular weight excluding hydrogens is 501 g/mol. The zero-order valence-electron chi connectivity index (χ0n) is 17.1. The normalized spacial score (nSPS) is 11.5. The lowest BCUT2D eigenvalue weighted by molar-refractivity contribution is 0.336. The van der Waals surface area contributed by atoms with E-state index in [9.17, 15) is 8.42 Å². The van der Waals surface area contributed by atoms with Crippen LogP contribution in [-0.2, 0) is 28.7 Å². The number of para-hydroxylation sites is 1. The molecule has 0 radical (unpaired) electrons. The molecule has 0 spiro atoms. The Morgan fingerprint density at radius 2 is 1.66 bits per heavy atom. The minimum absolute atomic E-state index is 0. The van der Waals surface area contributed by atoms with Crippen molar-refractivity contribution in [2.24, 2.45) is 4.99 Å². The molecule has 0 bridgehead atoms. The van der Waals surface area contributed by atoms with Crippen LogP contribution >= 0.6 is 24.0 Å². The van der Waals surface area contributed by atoms with Crippen LogP contribution in [0.1, 0.15) is 30.5 Å². The third kappa shape index (κ3) is 9.49. The molecule has 160 valence electrons. The van der Waals surface area contributed by atoms with Crippen molar-refractivity contribution in [3.8, 4) is 5.75 Å². The third-order valence-corrected chi connectivity index (χ3v) is 4.79. The fraction of sp³-hybridized carbons (Fsp3) is 0.381. The van der Waals surface area contributed by atoms with Crippen LogP contribution in [0.25, 0.3) is 0 Å². The van der Waals surface area contributed by atoms with Crippen molar-refractivity contribution in [3.63, 3.8) is 0 Å². The smallest absolute Gasteiger partial charge is 0.191 e. The van der Waals surface area contributed by atoms with Crippen molar-refractivity contribution in [3.05, 3.63) is 65.2 Å². The van der Waals surface area contributed by atoms with Crippen LogP contribution in [0, 0.1) is 0 Å². The van der Waals surface area contributed by atoms with Gasteiger partial charge in [-0.3, -0.25) is 0 Å². The van der Waals surface area contributed by atoms with Crippen LogP contribution in [0.15, 0.2) is 53.5 Å². The minimum atomic E-state index is -3.02. The zero-order valence-corrected chi connectivity index (χ0v) is 20.3. The first kappa shape index (κ1) is 25.2. The molecule has 0 aliphatic heterocycles. The van der Waals surface area contributed by atoms with E-state index >= 15 is 0 Å². The number of guanidine groups is 1. The van der Waals surface area contributed by atoms with Crippen LogP contribution in [0.3, 0.4) is 0 Å². The molecule has 2 aromatic rings.